The fourth-order valence-electron chi connectivity index (χ4n) is 2.28. The summed E-state index contributed by atoms with van der Waals surface area (Å²) in [7, 11) is 0. The van der Waals surface area contributed by atoms with E-state index >= 15 is 0 Å². The van der Waals surface area contributed by atoms with E-state index in [9.17, 15) is 0 Å². The lowest BCUT2D eigenvalue weighted by Crippen LogP contribution is -2.37. The van der Waals surface area contributed by atoms with Crippen molar-refractivity contribution >= 4 is 11.3 Å². The van der Waals surface area contributed by atoms with E-state index in [0.717, 1.165) is 25.2 Å². The summed E-state index contributed by atoms with van der Waals surface area (Å²) in [5.41, 5.74) is 5.82. The second-order valence-electron chi connectivity index (χ2n) is 6.20. The lowest BCUT2D eigenvalue weighted by molar-refractivity contribution is 0.429. The van der Waals surface area contributed by atoms with Gasteiger partial charge in [-0.25, -0.2) is 0 Å². The number of rotatable bonds is 5. The maximum Gasteiger partial charge on any atom is 0.0794 e. The molecule has 0 aliphatic heterocycles. The molecule has 0 bridgehead atoms. The van der Waals surface area contributed by atoms with Crippen LogP contribution in [0.5, 0.6) is 0 Å². The highest BCUT2D eigenvalue weighted by molar-refractivity contribution is 7.09. The van der Waals surface area contributed by atoms with Crippen LogP contribution in [-0.4, -0.2) is 26.8 Å². The molecule has 5 heteroatoms. The molecule has 0 unspecified atom stereocenters. The third kappa shape index (κ3) is 3.90. The quantitative estimate of drug-likeness (QED) is 0.921. The third-order valence-corrected chi connectivity index (χ3v) is 4.12. The molecule has 0 saturated carbocycles. The highest BCUT2D eigenvalue weighted by atomic mass is 32.1. The minimum Gasteiger partial charge on any atom is -0.312 e. The molecule has 1 N–H and O–H groups in total. The Kier molecular flexibility index (Phi) is 4.60. The van der Waals surface area contributed by atoms with Crippen molar-refractivity contribution < 1.29 is 0 Å². The number of aromatic nitrogens is 3. The van der Waals surface area contributed by atoms with Gasteiger partial charge in [-0.1, -0.05) is 0 Å². The molecule has 0 spiro atoms. The fraction of sp³-hybridized carbons (Fsp3) is 0.600. The van der Waals surface area contributed by atoms with Crippen molar-refractivity contribution in [2.45, 2.75) is 53.1 Å². The Bertz CT molecular complexity index is 549. The zero-order valence-electron chi connectivity index (χ0n) is 13.0. The lowest BCUT2D eigenvalue weighted by Gasteiger charge is -2.20. The van der Waals surface area contributed by atoms with Crippen LogP contribution in [0.4, 0.5) is 0 Å². The van der Waals surface area contributed by atoms with Crippen LogP contribution in [0.2, 0.25) is 0 Å². The molecule has 2 rings (SSSR count). The summed E-state index contributed by atoms with van der Waals surface area (Å²) in [6.45, 7) is 12.7. The van der Waals surface area contributed by atoms with Crippen molar-refractivity contribution in [2.24, 2.45) is 0 Å². The predicted molar refractivity (Wildman–Crippen MR) is 84.4 cm³/mol. The van der Waals surface area contributed by atoms with Crippen molar-refractivity contribution in [3.63, 3.8) is 0 Å². The molecule has 0 radical (unpaired) electrons. The lowest BCUT2D eigenvalue weighted by atomic mass is 10.1. The number of aryl methyl sites for hydroxylation is 1. The Labute approximate surface area is 125 Å². The number of thiazole rings is 1. The van der Waals surface area contributed by atoms with Gasteiger partial charge in [-0.2, -0.15) is 5.10 Å². The Morgan fingerprint density at radius 3 is 2.65 bits per heavy atom. The molecule has 0 atom stereocenters. The molecule has 0 aliphatic carbocycles. The molecular weight excluding hydrogens is 268 g/mol. The van der Waals surface area contributed by atoms with Gasteiger partial charge in [0.1, 0.15) is 0 Å². The highest BCUT2D eigenvalue weighted by Crippen LogP contribution is 2.16. The summed E-state index contributed by atoms with van der Waals surface area (Å²) in [5.74, 6) is 0. The van der Waals surface area contributed by atoms with Gasteiger partial charge < -0.3 is 5.32 Å². The summed E-state index contributed by atoms with van der Waals surface area (Å²) in [5, 5.41) is 8.20. The molecule has 2 heterocycles. The standard InChI is InChI=1S/C15H24N4S/c1-11-14(6-7-17-15(3,4)5)12(2)19(18-11)9-13-8-16-10-20-13/h8,10,17H,6-7,9H2,1-5H3. The van der Waals surface area contributed by atoms with Crippen LogP contribution in [0.25, 0.3) is 0 Å². The zero-order valence-corrected chi connectivity index (χ0v) is 13.8. The van der Waals surface area contributed by atoms with Crippen LogP contribution in [0.1, 0.15) is 42.6 Å². The first-order valence-corrected chi connectivity index (χ1v) is 7.90. The van der Waals surface area contributed by atoms with Gasteiger partial charge >= 0.3 is 0 Å². The summed E-state index contributed by atoms with van der Waals surface area (Å²) in [6.07, 6.45) is 2.94. The number of nitrogens with one attached hydrogen (secondary N) is 1. The van der Waals surface area contributed by atoms with Crippen LogP contribution in [-0.2, 0) is 13.0 Å². The summed E-state index contributed by atoms with van der Waals surface area (Å²) in [6, 6.07) is 0. The number of nitrogens with zero attached hydrogens (tertiary/aromatic N) is 3. The molecule has 2 aromatic rings. The SMILES string of the molecule is Cc1nn(Cc2cncs2)c(C)c1CCNC(C)(C)C. The Morgan fingerprint density at radius 2 is 2.05 bits per heavy atom. The van der Waals surface area contributed by atoms with Gasteiger partial charge in [0.2, 0.25) is 0 Å². The van der Waals surface area contributed by atoms with Gasteiger partial charge in [0, 0.05) is 22.3 Å². The van der Waals surface area contributed by atoms with Gasteiger partial charge in [0.25, 0.3) is 0 Å². The van der Waals surface area contributed by atoms with E-state index in [4.69, 9.17) is 0 Å². The van der Waals surface area contributed by atoms with Gasteiger partial charge in [0.15, 0.2) is 0 Å². The second-order valence-corrected chi connectivity index (χ2v) is 7.17. The minimum atomic E-state index is 0.167. The maximum atomic E-state index is 4.67. The van der Waals surface area contributed by atoms with Crippen LogP contribution in [0.15, 0.2) is 11.7 Å². The Hall–Kier alpha value is -1.20. The van der Waals surface area contributed by atoms with E-state index in [1.165, 1.54) is 16.1 Å². The Balaban J connectivity index is 2.05. The van der Waals surface area contributed by atoms with Crippen molar-refractivity contribution in [1.82, 2.24) is 20.1 Å². The largest absolute Gasteiger partial charge is 0.312 e. The number of hydrogen-bond donors (Lipinski definition) is 1. The molecule has 0 aromatic carbocycles. The van der Waals surface area contributed by atoms with Gasteiger partial charge in [-0.15, -0.1) is 11.3 Å². The Morgan fingerprint density at radius 1 is 1.30 bits per heavy atom. The van der Waals surface area contributed by atoms with Crippen molar-refractivity contribution in [3.05, 3.63) is 33.5 Å². The monoisotopic (exact) mass is 292 g/mol. The third-order valence-electron chi connectivity index (χ3n) is 3.35. The second kappa shape index (κ2) is 6.06. The van der Waals surface area contributed by atoms with E-state index in [1.807, 2.05) is 11.7 Å². The van der Waals surface area contributed by atoms with Gasteiger partial charge in [-0.3, -0.25) is 9.67 Å². The topological polar surface area (TPSA) is 42.7 Å². The smallest absolute Gasteiger partial charge is 0.0794 e. The average molecular weight is 292 g/mol. The van der Waals surface area contributed by atoms with Crippen LogP contribution in [0, 0.1) is 13.8 Å². The molecule has 20 heavy (non-hydrogen) atoms. The van der Waals surface area contributed by atoms with Crippen LogP contribution in [0.3, 0.4) is 0 Å². The summed E-state index contributed by atoms with van der Waals surface area (Å²) in [4.78, 5) is 5.37. The van der Waals surface area contributed by atoms with Gasteiger partial charge in [0.05, 0.1) is 17.7 Å². The van der Waals surface area contributed by atoms with Crippen LogP contribution >= 0.6 is 11.3 Å². The van der Waals surface area contributed by atoms with E-state index < -0.39 is 0 Å². The van der Waals surface area contributed by atoms with Crippen molar-refractivity contribution in [3.8, 4) is 0 Å². The van der Waals surface area contributed by atoms with Crippen molar-refractivity contribution in [1.29, 1.82) is 0 Å². The molecule has 110 valence electrons. The van der Waals surface area contributed by atoms with Crippen molar-refractivity contribution in [2.75, 3.05) is 6.54 Å². The molecular formula is C15H24N4S. The van der Waals surface area contributed by atoms with E-state index in [-0.39, 0.29) is 5.54 Å². The highest BCUT2D eigenvalue weighted by Gasteiger charge is 2.14. The van der Waals surface area contributed by atoms with E-state index in [2.05, 4.69) is 54.7 Å². The summed E-state index contributed by atoms with van der Waals surface area (Å²) < 4.78 is 2.09. The average Bonchev–Trinajstić information content (AvgIpc) is 2.92. The fourth-order valence-corrected chi connectivity index (χ4v) is 2.86. The molecule has 2 aromatic heterocycles. The molecule has 0 saturated heterocycles. The normalized spacial score (nSPS) is 12.1. The molecule has 0 aliphatic rings. The zero-order chi connectivity index (χ0) is 14.8. The van der Waals surface area contributed by atoms with E-state index in [0.29, 0.717) is 0 Å². The maximum absolute atomic E-state index is 4.67. The first kappa shape index (κ1) is 15.2. The minimum absolute atomic E-state index is 0.167. The molecule has 0 amide bonds. The number of hydrogen-bond acceptors (Lipinski definition) is 4. The van der Waals surface area contributed by atoms with Gasteiger partial charge in [-0.05, 0) is 53.1 Å². The van der Waals surface area contributed by atoms with E-state index in [1.54, 1.807) is 11.3 Å². The molecule has 4 nitrogen and oxygen atoms in total. The predicted octanol–water partition coefficient (Wildman–Crippen LogP) is 2.94. The first-order valence-electron chi connectivity index (χ1n) is 7.02. The van der Waals surface area contributed by atoms with Crippen LogP contribution < -0.4 is 5.32 Å². The first-order chi connectivity index (χ1) is 9.37. The molecule has 0 fully saturated rings. The summed E-state index contributed by atoms with van der Waals surface area (Å²) >= 11 is 1.68.